The molecule has 2 aliphatic heterocycles. The second-order valence-electron chi connectivity index (χ2n) is 4.12. The molecule has 0 fully saturated rings. The summed E-state index contributed by atoms with van der Waals surface area (Å²) in [5.74, 6) is 0.281. The Labute approximate surface area is 96.4 Å². The lowest BCUT2D eigenvalue weighted by Crippen LogP contribution is -2.01. The topological polar surface area (TPSA) is 45.0 Å². The first-order chi connectivity index (χ1) is 8.34. The molecule has 0 saturated heterocycles. The molecule has 0 unspecified atom stereocenters. The molecule has 80 valence electrons. The first kappa shape index (κ1) is 8.70. The minimum absolute atomic E-state index is 0.281. The minimum Gasteiger partial charge on any atom is -0.507 e. The van der Waals surface area contributed by atoms with Crippen LogP contribution >= 0.6 is 0 Å². The molecule has 3 heteroatoms. The minimum atomic E-state index is 0.281. The molecular formula is C14H8N2O. The lowest BCUT2D eigenvalue weighted by atomic mass is 10.1. The Morgan fingerprint density at radius 3 is 2.88 bits per heavy atom. The lowest BCUT2D eigenvalue weighted by molar-refractivity contribution is 0.471. The van der Waals surface area contributed by atoms with Crippen molar-refractivity contribution in [2.75, 3.05) is 0 Å². The van der Waals surface area contributed by atoms with Crippen LogP contribution in [0.4, 0.5) is 5.69 Å². The van der Waals surface area contributed by atoms with Crippen molar-refractivity contribution in [1.29, 1.82) is 0 Å². The molecule has 0 bridgehead atoms. The standard InChI is InChI=1S/C14H8N2O/c17-12-3-1-2-11-13(12)9-4-5-10-8(6-7-15-10)14(9)16-11/h1-7,17H. The molecule has 2 aromatic rings. The molecule has 0 spiro atoms. The first-order valence-electron chi connectivity index (χ1n) is 5.43. The molecule has 2 heterocycles. The molecule has 3 nitrogen and oxygen atoms in total. The van der Waals surface area contributed by atoms with Crippen molar-refractivity contribution in [2.45, 2.75) is 0 Å². The Kier molecular flexibility index (Phi) is 1.45. The molecule has 2 aliphatic rings. The fourth-order valence-corrected chi connectivity index (χ4v) is 2.41. The number of hydrogen-bond acceptors (Lipinski definition) is 3. The van der Waals surface area contributed by atoms with E-state index >= 15 is 0 Å². The number of rotatable bonds is 0. The molecular weight excluding hydrogens is 212 g/mol. The maximum absolute atomic E-state index is 9.93. The van der Waals surface area contributed by atoms with Gasteiger partial charge in [0.25, 0.3) is 0 Å². The average molecular weight is 220 g/mol. The predicted octanol–water partition coefficient (Wildman–Crippen LogP) is 1.55. The van der Waals surface area contributed by atoms with Crippen LogP contribution < -0.4 is 10.7 Å². The van der Waals surface area contributed by atoms with Crippen LogP contribution in [0.25, 0.3) is 6.08 Å². The molecule has 2 aromatic carbocycles. The van der Waals surface area contributed by atoms with Crippen molar-refractivity contribution in [2.24, 2.45) is 9.98 Å². The third kappa shape index (κ3) is 1.00. The van der Waals surface area contributed by atoms with Gasteiger partial charge in [0.15, 0.2) is 0 Å². The van der Waals surface area contributed by atoms with Crippen molar-refractivity contribution in [3.8, 4) is 5.75 Å². The van der Waals surface area contributed by atoms with Crippen LogP contribution in [0, 0.1) is 10.4 Å². The summed E-state index contributed by atoms with van der Waals surface area (Å²) in [5, 5.41) is 13.5. The Morgan fingerprint density at radius 2 is 1.94 bits per heavy atom. The normalized spacial score (nSPS) is 13.6. The van der Waals surface area contributed by atoms with Crippen LogP contribution in [0.1, 0.15) is 5.56 Å². The van der Waals surface area contributed by atoms with Gasteiger partial charge in [-0.15, -0.1) is 0 Å². The molecule has 0 amide bonds. The van der Waals surface area contributed by atoms with Gasteiger partial charge in [0.05, 0.1) is 21.6 Å². The number of hydrogen-bond donors (Lipinski definition) is 1. The molecule has 1 N–H and O–H groups in total. The highest BCUT2D eigenvalue weighted by atomic mass is 16.3. The number of aromatic hydroxyl groups is 1. The van der Waals surface area contributed by atoms with Crippen LogP contribution in [0.15, 0.2) is 46.5 Å². The molecule has 0 atom stereocenters. The third-order valence-electron chi connectivity index (χ3n) is 3.17. The van der Waals surface area contributed by atoms with Gasteiger partial charge in [-0.25, -0.2) is 4.99 Å². The zero-order valence-electron chi connectivity index (χ0n) is 8.88. The largest absolute Gasteiger partial charge is 0.507 e. The van der Waals surface area contributed by atoms with Crippen molar-refractivity contribution in [1.82, 2.24) is 0 Å². The fourth-order valence-electron chi connectivity index (χ4n) is 2.41. The summed E-state index contributed by atoms with van der Waals surface area (Å²) in [4.78, 5) is 8.84. The quantitative estimate of drug-likeness (QED) is 0.613. The van der Waals surface area contributed by atoms with E-state index in [1.54, 1.807) is 12.3 Å². The molecule has 0 radical (unpaired) electrons. The Balaban J connectivity index is 2.36. The van der Waals surface area contributed by atoms with Crippen molar-refractivity contribution < 1.29 is 5.11 Å². The smallest absolute Gasteiger partial charge is 0.125 e. The number of nitrogens with zero attached hydrogens (tertiary/aromatic N) is 2. The van der Waals surface area contributed by atoms with Crippen molar-refractivity contribution >= 4 is 11.8 Å². The van der Waals surface area contributed by atoms with Gasteiger partial charge in [-0.2, -0.15) is 0 Å². The summed E-state index contributed by atoms with van der Waals surface area (Å²) >= 11 is 0. The van der Waals surface area contributed by atoms with Crippen molar-refractivity contribution in [3.63, 3.8) is 0 Å². The van der Waals surface area contributed by atoms with Gasteiger partial charge in [-0.05, 0) is 30.3 Å². The van der Waals surface area contributed by atoms with Gasteiger partial charge in [0.2, 0.25) is 0 Å². The van der Waals surface area contributed by atoms with Gasteiger partial charge >= 0.3 is 0 Å². The van der Waals surface area contributed by atoms with Gasteiger partial charge in [0, 0.05) is 17.0 Å². The van der Waals surface area contributed by atoms with Crippen LogP contribution in [0.5, 0.6) is 5.75 Å². The van der Waals surface area contributed by atoms with E-state index < -0.39 is 0 Å². The Hall–Kier alpha value is -2.42. The van der Waals surface area contributed by atoms with Crippen molar-refractivity contribution in [3.05, 3.63) is 63.2 Å². The SMILES string of the molecule is Oc1cccc2c1=c1ccc3c(c1N=2)C=CN=3. The van der Waals surface area contributed by atoms with E-state index in [0.717, 1.165) is 32.4 Å². The highest BCUT2D eigenvalue weighted by molar-refractivity contribution is 5.67. The summed E-state index contributed by atoms with van der Waals surface area (Å²) in [6.07, 6.45) is 3.74. The van der Waals surface area contributed by atoms with Gasteiger partial charge < -0.3 is 5.11 Å². The molecule has 0 saturated carbocycles. The van der Waals surface area contributed by atoms with E-state index in [4.69, 9.17) is 0 Å². The third-order valence-corrected chi connectivity index (χ3v) is 3.17. The molecule has 0 aromatic heterocycles. The Morgan fingerprint density at radius 1 is 1.00 bits per heavy atom. The molecule has 17 heavy (non-hydrogen) atoms. The second kappa shape index (κ2) is 2.83. The molecule has 0 aliphatic carbocycles. The summed E-state index contributed by atoms with van der Waals surface area (Å²) in [6, 6.07) is 9.35. The van der Waals surface area contributed by atoms with Crippen LogP contribution in [0.3, 0.4) is 0 Å². The van der Waals surface area contributed by atoms with E-state index in [9.17, 15) is 5.11 Å². The van der Waals surface area contributed by atoms with Crippen LogP contribution in [0.2, 0.25) is 0 Å². The van der Waals surface area contributed by atoms with E-state index in [2.05, 4.69) is 9.98 Å². The number of benzene rings is 2. The highest BCUT2D eigenvalue weighted by Gasteiger charge is 2.12. The summed E-state index contributed by atoms with van der Waals surface area (Å²) in [5.41, 5.74) is 1.95. The van der Waals surface area contributed by atoms with E-state index in [1.165, 1.54) is 0 Å². The predicted molar refractivity (Wildman–Crippen MR) is 63.2 cm³/mol. The summed E-state index contributed by atoms with van der Waals surface area (Å²) in [7, 11) is 0. The van der Waals surface area contributed by atoms with E-state index in [1.807, 2.05) is 30.3 Å². The second-order valence-corrected chi connectivity index (χ2v) is 4.12. The maximum Gasteiger partial charge on any atom is 0.125 e. The zero-order valence-corrected chi connectivity index (χ0v) is 8.88. The maximum atomic E-state index is 9.93. The monoisotopic (exact) mass is 220 g/mol. The van der Waals surface area contributed by atoms with Crippen LogP contribution in [-0.4, -0.2) is 5.11 Å². The Bertz CT molecular complexity index is 895. The summed E-state index contributed by atoms with van der Waals surface area (Å²) < 4.78 is 0. The lowest BCUT2D eigenvalue weighted by Gasteiger charge is -1.95. The van der Waals surface area contributed by atoms with E-state index in [0.29, 0.717) is 0 Å². The first-order valence-corrected chi connectivity index (χ1v) is 5.43. The fraction of sp³-hybridized carbons (Fsp3) is 0. The summed E-state index contributed by atoms with van der Waals surface area (Å²) in [6.45, 7) is 0. The van der Waals surface area contributed by atoms with Gasteiger partial charge in [-0.1, -0.05) is 6.07 Å². The highest BCUT2D eigenvalue weighted by Crippen LogP contribution is 2.25. The zero-order chi connectivity index (χ0) is 11.4. The van der Waals surface area contributed by atoms with Gasteiger partial charge in [-0.3, -0.25) is 4.99 Å². The number of fused-ring (bicyclic) bond motifs is 4. The number of phenolic OH excluding ortho intramolecular Hbond substituents is 1. The molecule has 4 rings (SSSR count). The van der Waals surface area contributed by atoms with E-state index in [-0.39, 0.29) is 5.75 Å². The van der Waals surface area contributed by atoms with Crippen LogP contribution in [-0.2, 0) is 0 Å². The average Bonchev–Trinajstić information content (AvgIpc) is 2.91. The van der Waals surface area contributed by atoms with Gasteiger partial charge in [0.1, 0.15) is 5.75 Å². The number of phenols is 1.